The van der Waals surface area contributed by atoms with Crippen LogP contribution in [0.4, 0.5) is 0 Å². The average molecular weight is 196 g/mol. The molecular formula is C11H20N2O. The van der Waals surface area contributed by atoms with Gasteiger partial charge in [0.15, 0.2) is 0 Å². The van der Waals surface area contributed by atoms with Crippen molar-refractivity contribution in [1.82, 2.24) is 10.6 Å². The molecule has 1 heterocycles. The molecule has 0 spiro atoms. The van der Waals surface area contributed by atoms with E-state index in [4.69, 9.17) is 0 Å². The van der Waals surface area contributed by atoms with E-state index in [0.29, 0.717) is 17.9 Å². The minimum Gasteiger partial charge on any atom is -0.351 e. The van der Waals surface area contributed by atoms with E-state index in [-0.39, 0.29) is 0 Å². The van der Waals surface area contributed by atoms with E-state index in [2.05, 4.69) is 17.6 Å². The van der Waals surface area contributed by atoms with Gasteiger partial charge in [-0.25, -0.2) is 0 Å². The highest BCUT2D eigenvalue weighted by Gasteiger charge is 2.27. The normalized spacial score (nSPS) is 33.5. The zero-order valence-corrected chi connectivity index (χ0v) is 8.88. The number of carbonyl (C=O) groups excluding carboxylic acids is 1. The topological polar surface area (TPSA) is 41.1 Å². The summed E-state index contributed by atoms with van der Waals surface area (Å²) in [6, 6.07) is 0.404. The lowest BCUT2D eigenvalue weighted by molar-refractivity contribution is -0.127. The lowest BCUT2D eigenvalue weighted by Gasteiger charge is -2.31. The summed E-state index contributed by atoms with van der Waals surface area (Å²) < 4.78 is 0. The Balaban J connectivity index is 1.74. The maximum absolute atomic E-state index is 11.8. The van der Waals surface area contributed by atoms with E-state index in [1.807, 2.05) is 0 Å². The molecule has 0 unspecified atom stereocenters. The molecule has 2 aliphatic rings. The van der Waals surface area contributed by atoms with E-state index in [9.17, 15) is 4.79 Å². The molecule has 1 aliphatic heterocycles. The molecule has 1 amide bonds. The largest absolute Gasteiger partial charge is 0.351 e. The first kappa shape index (κ1) is 9.97. The summed E-state index contributed by atoms with van der Waals surface area (Å²) in [6.45, 7) is 4.19. The van der Waals surface area contributed by atoms with Gasteiger partial charge in [-0.3, -0.25) is 4.79 Å². The van der Waals surface area contributed by atoms with Crippen molar-refractivity contribution < 1.29 is 4.79 Å². The van der Waals surface area contributed by atoms with Crippen LogP contribution in [0.1, 0.15) is 32.6 Å². The first-order valence-corrected chi connectivity index (χ1v) is 5.77. The Kier molecular flexibility index (Phi) is 3.06. The van der Waals surface area contributed by atoms with Gasteiger partial charge >= 0.3 is 0 Å². The molecule has 0 atom stereocenters. The average Bonchev–Trinajstić information content (AvgIpc) is 2.12. The molecule has 0 bridgehead atoms. The summed E-state index contributed by atoms with van der Waals surface area (Å²) in [5.74, 6) is 1.42. The van der Waals surface area contributed by atoms with Gasteiger partial charge < -0.3 is 10.6 Å². The Morgan fingerprint density at radius 3 is 2.36 bits per heavy atom. The Hall–Kier alpha value is -0.570. The highest BCUT2D eigenvalue weighted by molar-refractivity contribution is 5.79. The molecule has 2 N–H and O–H groups in total. The van der Waals surface area contributed by atoms with Crippen LogP contribution in [0.25, 0.3) is 0 Å². The summed E-state index contributed by atoms with van der Waals surface area (Å²) in [5.41, 5.74) is 0. The molecular weight excluding hydrogens is 176 g/mol. The molecule has 0 aromatic rings. The number of amides is 1. The fraction of sp³-hybridized carbons (Fsp3) is 0.909. The highest BCUT2D eigenvalue weighted by Crippen LogP contribution is 2.28. The number of nitrogens with one attached hydrogen (secondary N) is 2. The molecule has 1 aliphatic carbocycles. The molecule has 80 valence electrons. The second-order valence-electron chi connectivity index (χ2n) is 4.82. The Bertz CT molecular complexity index is 205. The van der Waals surface area contributed by atoms with E-state index in [1.54, 1.807) is 0 Å². The van der Waals surface area contributed by atoms with Gasteiger partial charge in [0.25, 0.3) is 0 Å². The monoisotopic (exact) mass is 196 g/mol. The van der Waals surface area contributed by atoms with Gasteiger partial charge in [0, 0.05) is 19.0 Å². The number of rotatable bonds is 2. The zero-order chi connectivity index (χ0) is 9.97. The van der Waals surface area contributed by atoms with Crippen LogP contribution in [0.15, 0.2) is 0 Å². The Morgan fingerprint density at radius 2 is 1.86 bits per heavy atom. The first-order valence-electron chi connectivity index (χ1n) is 5.77. The van der Waals surface area contributed by atoms with Crippen LogP contribution < -0.4 is 10.6 Å². The molecule has 0 aromatic heterocycles. The predicted octanol–water partition coefficient (Wildman–Crippen LogP) is 0.901. The number of hydrogen-bond donors (Lipinski definition) is 2. The molecule has 2 rings (SSSR count). The van der Waals surface area contributed by atoms with E-state index < -0.39 is 0 Å². The van der Waals surface area contributed by atoms with Gasteiger partial charge in [-0.2, -0.15) is 0 Å². The second-order valence-corrected chi connectivity index (χ2v) is 4.82. The van der Waals surface area contributed by atoms with E-state index >= 15 is 0 Å². The van der Waals surface area contributed by atoms with Crippen LogP contribution in [-0.4, -0.2) is 25.0 Å². The van der Waals surface area contributed by atoms with Gasteiger partial charge in [-0.05, 0) is 31.6 Å². The smallest absolute Gasteiger partial charge is 0.223 e. The number of carbonyl (C=O) groups is 1. The molecule has 1 saturated heterocycles. The third kappa shape index (κ3) is 2.27. The van der Waals surface area contributed by atoms with Crippen LogP contribution in [-0.2, 0) is 4.79 Å². The van der Waals surface area contributed by atoms with Gasteiger partial charge in [0.1, 0.15) is 0 Å². The molecule has 0 radical (unpaired) electrons. The lowest BCUT2D eigenvalue weighted by Crippen LogP contribution is -2.58. The summed E-state index contributed by atoms with van der Waals surface area (Å²) in [6.07, 6.45) is 4.63. The second kappa shape index (κ2) is 4.30. The molecule has 3 heteroatoms. The van der Waals surface area contributed by atoms with Gasteiger partial charge in [-0.15, -0.1) is 0 Å². The third-order valence-electron chi connectivity index (χ3n) is 3.51. The molecule has 14 heavy (non-hydrogen) atoms. The standard InChI is InChI=1S/C11H20N2O/c1-8-2-4-9(5-3-8)11(14)13-10-6-12-7-10/h8-10,12H,2-7H2,1H3,(H,13,14)/t8-,9+. The maximum Gasteiger partial charge on any atom is 0.223 e. The summed E-state index contributed by atoms with van der Waals surface area (Å²) in [7, 11) is 0. The summed E-state index contributed by atoms with van der Waals surface area (Å²) in [4.78, 5) is 11.8. The minimum absolute atomic E-state index is 0.295. The molecule has 2 fully saturated rings. The van der Waals surface area contributed by atoms with Gasteiger partial charge in [-0.1, -0.05) is 6.92 Å². The van der Waals surface area contributed by atoms with Crippen LogP contribution in [0, 0.1) is 11.8 Å². The van der Waals surface area contributed by atoms with Crippen LogP contribution >= 0.6 is 0 Å². The molecule has 3 nitrogen and oxygen atoms in total. The SMILES string of the molecule is C[C@H]1CC[C@@H](C(=O)NC2CNC2)CC1. The van der Waals surface area contributed by atoms with Crippen LogP contribution in [0.5, 0.6) is 0 Å². The molecule has 1 saturated carbocycles. The van der Waals surface area contributed by atoms with Gasteiger partial charge in [0.05, 0.1) is 6.04 Å². The van der Waals surface area contributed by atoms with Crippen molar-refractivity contribution in [3.8, 4) is 0 Å². The van der Waals surface area contributed by atoms with Crippen LogP contribution in [0.2, 0.25) is 0 Å². The minimum atomic E-state index is 0.295. The van der Waals surface area contributed by atoms with Crippen molar-refractivity contribution in [3.05, 3.63) is 0 Å². The summed E-state index contributed by atoms with van der Waals surface area (Å²) in [5, 5.41) is 6.26. The van der Waals surface area contributed by atoms with Crippen molar-refractivity contribution in [1.29, 1.82) is 0 Å². The van der Waals surface area contributed by atoms with E-state index in [1.165, 1.54) is 12.8 Å². The maximum atomic E-state index is 11.8. The fourth-order valence-electron chi connectivity index (χ4n) is 2.23. The van der Waals surface area contributed by atoms with Crippen molar-refractivity contribution in [2.45, 2.75) is 38.6 Å². The summed E-state index contributed by atoms with van der Waals surface area (Å²) >= 11 is 0. The quantitative estimate of drug-likeness (QED) is 0.689. The van der Waals surface area contributed by atoms with Crippen molar-refractivity contribution in [2.24, 2.45) is 11.8 Å². The van der Waals surface area contributed by atoms with E-state index in [0.717, 1.165) is 31.8 Å². The third-order valence-corrected chi connectivity index (χ3v) is 3.51. The predicted molar refractivity (Wildman–Crippen MR) is 55.9 cm³/mol. The van der Waals surface area contributed by atoms with Crippen molar-refractivity contribution >= 4 is 5.91 Å². The first-order chi connectivity index (χ1) is 6.75. The fourth-order valence-corrected chi connectivity index (χ4v) is 2.23. The van der Waals surface area contributed by atoms with Crippen molar-refractivity contribution in [3.63, 3.8) is 0 Å². The molecule has 0 aromatic carbocycles. The Labute approximate surface area is 85.6 Å². The van der Waals surface area contributed by atoms with Crippen molar-refractivity contribution in [2.75, 3.05) is 13.1 Å². The highest BCUT2D eigenvalue weighted by atomic mass is 16.2. The Morgan fingerprint density at radius 1 is 1.21 bits per heavy atom. The lowest BCUT2D eigenvalue weighted by atomic mass is 9.82. The number of hydrogen-bond acceptors (Lipinski definition) is 2. The van der Waals surface area contributed by atoms with Gasteiger partial charge in [0.2, 0.25) is 5.91 Å². The zero-order valence-electron chi connectivity index (χ0n) is 8.88. The van der Waals surface area contributed by atoms with Crippen LogP contribution in [0.3, 0.4) is 0 Å².